The number of nitrogens with one attached hydrogen (secondary N) is 2. The molecule has 1 fully saturated rings. The average molecular weight is 388 g/mol. The number of hydrogen-bond acceptors (Lipinski definition) is 5. The average Bonchev–Trinajstić information content (AvgIpc) is 3.48. The van der Waals surface area contributed by atoms with Crippen LogP contribution >= 0.6 is 0 Å². The van der Waals surface area contributed by atoms with E-state index in [2.05, 4.69) is 27.9 Å². The Morgan fingerprint density at radius 1 is 1.03 bits per heavy atom. The van der Waals surface area contributed by atoms with Crippen molar-refractivity contribution in [1.82, 2.24) is 15.6 Å². The van der Waals surface area contributed by atoms with Crippen molar-refractivity contribution < 1.29 is 9.53 Å². The van der Waals surface area contributed by atoms with Gasteiger partial charge >= 0.3 is 0 Å². The van der Waals surface area contributed by atoms with Gasteiger partial charge in [-0.3, -0.25) is 4.79 Å². The number of hydrogen-bond donors (Lipinski definition) is 2. The van der Waals surface area contributed by atoms with Crippen molar-refractivity contribution in [3.63, 3.8) is 0 Å². The molecule has 2 N–H and O–H groups in total. The fraction of sp³-hybridized carbons (Fsp3) is 0.304. The molecule has 1 saturated carbocycles. The number of amidine groups is 1. The molecule has 5 rings (SSSR count). The van der Waals surface area contributed by atoms with Gasteiger partial charge in [-0.25, -0.2) is 0 Å². The summed E-state index contributed by atoms with van der Waals surface area (Å²) in [6.07, 6.45) is 4.83. The van der Waals surface area contributed by atoms with Crippen LogP contribution in [0.1, 0.15) is 36.5 Å². The van der Waals surface area contributed by atoms with Gasteiger partial charge < -0.3 is 15.4 Å². The molecule has 0 radical (unpaired) electrons. The number of amides is 1. The van der Waals surface area contributed by atoms with Crippen LogP contribution in [0.2, 0.25) is 0 Å². The quantitative estimate of drug-likeness (QED) is 0.765. The minimum atomic E-state index is -0.389. The van der Waals surface area contributed by atoms with Crippen LogP contribution in [0.15, 0.2) is 77.5 Å². The molecule has 3 aliphatic rings. The van der Waals surface area contributed by atoms with Crippen LogP contribution in [0.25, 0.3) is 0 Å². The molecule has 6 nitrogen and oxygen atoms in total. The van der Waals surface area contributed by atoms with E-state index in [1.807, 2.05) is 48.5 Å². The van der Waals surface area contributed by atoms with Gasteiger partial charge in [-0.05, 0) is 17.9 Å². The Hall–Kier alpha value is -3.12. The molecule has 1 aliphatic carbocycles. The van der Waals surface area contributed by atoms with Crippen molar-refractivity contribution in [2.75, 3.05) is 6.61 Å². The molecule has 148 valence electrons. The third kappa shape index (κ3) is 4.03. The zero-order chi connectivity index (χ0) is 19.6. The number of ether oxygens (including phenoxy) is 1. The monoisotopic (exact) mass is 388 g/mol. The Bertz CT molecular complexity index is 938. The molecule has 2 heterocycles. The molecule has 6 heteroatoms. The predicted molar refractivity (Wildman–Crippen MR) is 110 cm³/mol. The summed E-state index contributed by atoms with van der Waals surface area (Å²) in [5.41, 5.74) is 2.91. The highest BCUT2D eigenvalue weighted by molar-refractivity contribution is 6.02. The normalized spacial score (nSPS) is 21.6. The topological polar surface area (TPSA) is 66.0 Å². The summed E-state index contributed by atoms with van der Waals surface area (Å²) in [6, 6.07) is 20.1. The standard InChI is InChI=1S/C23H24N4O2/c28-21-14-19(15-29-20(13-16-11-12-16)17-7-3-1-4-8-17)24-23-25-22(26-27(21)23)18-9-5-2-6-10-18/h1-10,14,16,20,23-24H,11-13,15H2,(H,25,26). The molecule has 0 bridgehead atoms. The second kappa shape index (κ2) is 7.72. The second-order valence-electron chi connectivity index (χ2n) is 7.75. The molecule has 0 saturated heterocycles. The first-order valence-electron chi connectivity index (χ1n) is 10.1. The van der Waals surface area contributed by atoms with E-state index in [4.69, 9.17) is 4.74 Å². The SMILES string of the molecule is O=C1C=C(COC(CC2CC2)c2ccccc2)NC2NC(c3ccccc3)=NN12. The van der Waals surface area contributed by atoms with Crippen molar-refractivity contribution in [1.29, 1.82) is 0 Å². The van der Waals surface area contributed by atoms with Crippen molar-refractivity contribution in [3.05, 3.63) is 83.6 Å². The molecule has 0 aromatic heterocycles. The van der Waals surface area contributed by atoms with E-state index in [1.54, 1.807) is 6.08 Å². The summed E-state index contributed by atoms with van der Waals surface area (Å²) in [7, 11) is 0. The number of nitrogens with zero attached hydrogens (tertiary/aromatic N) is 2. The first kappa shape index (κ1) is 17.9. The smallest absolute Gasteiger partial charge is 0.272 e. The van der Waals surface area contributed by atoms with E-state index in [0.717, 1.165) is 23.6 Å². The third-order valence-corrected chi connectivity index (χ3v) is 5.47. The van der Waals surface area contributed by atoms with Crippen molar-refractivity contribution in [2.24, 2.45) is 11.0 Å². The van der Waals surface area contributed by atoms with Gasteiger partial charge in [0.15, 0.2) is 5.84 Å². The summed E-state index contributed by atoms with van der Waals surface area (Å²) in [4.78, 5) is 12.6. The lowest BCUT2D eigenvalue weighted by Crippen LogP contribution is -2.54. The highest BCUT2D eigenvalue weighted by Gasteiger charge is 2.34. The number of rotatable bonds is 7. The lowest BCUT2D eigenvalue weighted by Gasteiger charge is -2.29. The molecule has 2 unspecified atom stereocenters. The van der Waals surface area contributed by atoms with Crippen molar-refractivity contribution in [3.8, 4) is 0 Å². The summed E-state index contributed by atoms with van der Waals surface area (Å²) in [5, 5.41) is 12.5. The number of carbonyl (C=O) groups excluding carboxylic acids is 1. The van der Waals surface area contributed by atoms with Gasteiger partial charge in [-0.2, -0.15) is 5.01 Å². The second-order valence-corrected chi connectivity index (χ2v) is 7.75. The van der Waals surface area contributed by atoms with Gasteiger partial charge in [-0.15, -0.1) is 5.10 Å². The predicted octanol–water partition coefficient (Wildman–Crippen LogP) is 3.11. The lowest BCUT2D eigenvalue weighted by atomic mass is 10.0. The van der Waals surface area contributed by atoms with Gasteiger partial charge in [-0.1, -0.05) is 73.5 Å². The third-order valence-electron chi connectivity index (χ3n) is 5.47. The summed E-state index contributed by atoms with van der Waals surface area (Å²) >= 11 is 0. The fourth-order valence-electron chi connectivity index (χ4n) is 3.73. The van der Waals surface area contributed by atoms with E-state index < -0.39 is 0 Å². The number of carbonyl (C=O) groups is 1. The maximum atomic E-state index is 12.6. The van der Waals surface area contributed by atoms with Gasteiger partial charge in [0.2, 0.25) is 6.29 Å². The largest absolute Gasteiger partial charge is 0.367 e. The molecule has 29 heavy (non-hydrogen) atoms. The molecule has 1 amide bonds. The maximum absolute atomic E-state index is 12.6. The van der Waals surface area contributed by atoms with Crippen LogP contribution in [0, 0.1) is 5.92 Å². The highest BCUT2D eigenvalue weighted by atomic mass is 16.5. The summed E-state index contributed by atoms with van der Waals surface area (Å²) in [5.74, 6) is 1.29. The Morgan fingerprint density at radius 2 is 1.76 bits per heavy atom. The van der Waals surface area contributed by atoms with Crippen LogP contribution in [0.3, 0.4) is 0 Å². The van der Waals surface area contributed by atoms with Gasteiger partial charge in [0.05, 0.1) is 12.7 Å². The van der Waals surface area contributed by atoms with E-state index in [9.17, 15) is 4.79 Å². The van der Waals surface area contributed by atoms with Crippen LogP contribution < -0.4 is 10.6 Å². The summed E-state index contributed by atoms with van der Waals surface area (Å²) in [6.45, 7) is 0.366. The van der Waals surface area contributed by atoms with Crippen molar-refractivity contribution in [2.45, 2.75) is 31.7 Å². The summed E-state index contributed by atoms with van der Waals surface area (Å²) < 4.78 is 6.26. The fourth-order valence-corrected chi connectivity index (χ4v) is 3.73. The van der Waals surface area contributed by atoms with Crippen LogP contribution in [0.5, 0.6) is 0 Å². The first-order chi connectivity index (χ1) is 14.3. The Labute approximate surface area is 170 Å². The first-order valence-corrected chi connectivity index (χ1v) is 10.1. The molecule has 0 spiro atoms. The number of fused-ring (bicyclic) bond motifs is 1. The molecule has 2 atom stereocenters. The highest BCUT2D eigenvalue weighted by Crippen LogP contribution is 2.39. The van der Waals surface area contributed by atoms with E-state index in [-0.39, 0.29) is 18.3 Å². The maximum Gasteiger partial charge on any atom is 0.272 e. The zero-order valence-corrected chi connectivity index (χ0v) is 16.1. The number of benzene rings is 2. The van der Waals surface area contributed by atoms with Crippen LogP contribution in [0.4, 0.5) is 0 Å². The Kier molecular flexibility index (Phi) is 4.77. The molecule has 2 aromatic carbocycles. The van der Waals surface area contributed by atoms with E-state index in [1.165, 1.54) is 23.4 Å². The number of hydrazone groups is 1. The Balaban J connectivity index is 1.24. The molecular weight excluding hydrogens is 364 g/mol. The van der Waals surface area contributed by atoms with Crippen LogP contribution in [-0.2, 0) is 9.53 Å². The van der Waals surface area contributed by atoms with Gasteiger partial charge in [0, 0.05) is 17.3 Å². The minimum Gasteiger partial charge on any atom is -0.367 e. The molecular formula is C23H24N4O2. The van der Waals surface area contributed by atoms with Gasteiger partial charge in [0.1, 0.15) is 0 Å². The Morgan fingerprint density at radius 3 is 2.48 bits per heavy atom. The van der Waals surface area contributed by atoms with Gasteiger partial charge in [0.25, 0.3) is 5.91 Å². The van der Waals surface area contributed by atoms with Crippen LogP contribution in [-0.4, -0.2) is 29.6 Å². The van der Waals surface area contributed by atoms with E-state index in [0.29, 0.717) is 12.4 Å². The van der Waals surface area contributed by atoms with Crippen molar-refractivity contribution >= 4 is 11.7 Å². The zero-order valence-electron chi connectivity index (χ0n) is 16.1. The van der Waals surface area contributed by atoms with E-state index >= 15 is 0 Å². The molecule has 2 aromatic rings. The minimum absolute atomic E-state index is 0.0483. The lowest BCUT2D eigenvalue weighted by molar-refractivity contribution is -0.129. The molecule has 2 aliphatic heterocycles.